The molecule has 0 saturated heterocycles. The first-order valence-corrected chi connectivity index (χ1v) is 7.86. The van der Waals surface area contributed by atoms with Gasteiger partial charge in [0.05, 0.1) is 41.8 Å². The van der Waals surface area contributed by atoms with Crippen LogP contribution in [0.25, 0.3) is 22.4 Å². The third-order valence-electron chi connectivity index (χ3n) is 3.75. The van der Waals surface area contributed by atoms with Gasteiger partial charge in [0.25, 0.3) is 5.91 Å². The number of rotatable bonds is 5. The molecule has 1 aromatic carbocycles. The molecule has 4 rings (SSSR count). The van der Waals surface area contributed by atoms with Crippen molar-refractivity contribution in [3.8, 4) is 11.3 Å². The normalized spacial score (nSPS) is 10.9. The van der Waals surface area contributed by atoms with Crippen LogP contribution in [-0.4, -0.2) is 32.2 Å². The Morgan fingerprint density at radius 3 is 2.84 bits per heavy atom. The van der Waals surface area contributed by atoms with Gasteiger partial charge in [0.15, 0.2) is 0 Å². The molecule has 7 heteroatoms. The minimum Gasteiger partial charge on any atom is -0.464 e. The van der Waals surface area contributed by atoms with E-state index in [4.69, 9.17) is 4.42 Å². The third kappa shape index (κ3) is 3.25. The molecule has 0 radical (unpaired) electrons. The topological polar surface area (TPSA) is 85.8 Å². The van der Waals surface area contributed by atoms with E-state index >= 15 is 0 Å². The van der Waals surface area contributed by atoms with Crippen LogP contribution in [0.4, 0.5) is 0 Å². The lowest BCUT2D eigenvalue weighted by Gasteiger charge is -2.05. The van der Waals surface area contributed by atoms with Crippen molar-refractivity contribution in [1.29, 1.82) is 0 Å². The van der Waals surface area contributed by atoms with Gasteiger partial charge in [-0.25, -0.2) is 4.98 Å². The summed E-state index contributed by atoms with van der Waals surface area (Å²) in [6.07, 6.45) is 6.72. The Morgan fingerprint density at radius 2 is 2.00 bits per heavy atom. The largest absolute Gasteiger partial charge is 0.464 e. The van der Waals surface area contributed by atoms with E-state index in [9.17, 15) is 4.79 Å². The number of para-hydroxylation sites is 2. The maximum absolute atomic E-state index is 12.2. The smallest absolute Gasteiger partial charge is 0.271 e. The van der Waals surface area contributed by atoms with E-state index in [1.807, 2.05) is 42.6 Å². The number of nitrogens with one attached hydrogen (secondary N) is 1. The van der Waals surface area contributed by atoms with Crippen molar-refractivity contribution in [2.75, 3.05) is 6.54 Å². The van der Waals surface area contributed by atoms with Crippen LogP contribution in [0.3, 0.4) is 0 Å². The van der Waals surface area contributed by atoms with E-state index in [1.54, 1.807) is 17.1 Å². The molecular formula is C18H15N5O2. The highest BCUT2D eigenvalue weighted by atomic mass is 16.3. The number of amides is 1. The second-order valence-electron chi connectivity index (χ2n) is 5.47. The van der Waals surface area contributed by atoms with E-state index in [0.717, 1.165) is 16.8 Å². The van der Waals surface area contributed by atoms with Gasteiger partial charge in [-0.1, -0.05) is 12.1 Å². The molecular weight excluding hydrogens is 318 g/mol. The van der Waals surface area contributed by atoms with Crippen molar-refractivity contribution in [3.05, 3.63) is 66.9 Å². The molecule has 25 heavy (non-hydrogen) atoms. The second-order valence-corrected chi connectivity index (χ2v) is 5.47. The maximum atomic E-state index is 12.2. The molecule has 124 valence electrons. The quantitative estimate of drug-likeness (QED) is 0.606. The van der Waals surface area contributed by atoms with Crippen LogP contribution >= 0.6 is 0 Å². The number of carbonyl (C=O) groups is 1. The number of furan rings is 1. The van der Waals surface area contributed by atoms with Gasteiger partial charge < -0.3 is 9.73 Å². The van der Waals surface area contributed by atoms with Crippen molar-refractivity contribution in [2.45, 2.75) is 6.54 Å². The van der Waals surface area contributed by atoms with Crippen molar-refractivity contribution in [3.63, 3.8) is 0 Å². The Morgan fingerprint density at radius 1 is 1.12 bits per heavy atom. The van der Waals surface area contributed by atoms with Crippen LogP contribution in [0, 0.1) is 0 Å². The van der Waals surface area contributed by atoms with E-state index in [1.165, 1.54) is 6.20 Å². The van der Waals surface area contributed by atoms with Crippen molar-refractivity contribution in [1.82, 2.24) is 25.1 Å². The Bertz CT molecular complexity index is 1010. The number of hydrogen-bond acceptors (Lipinski definition) is 5. The molecule has 3 heterocycles. The van der Waals surface area contributed by atoms with Gasteiger partial charge in [0, 0.05) is 12.7 Å². The fraction of sp³-hybridized carbons (Fsp3) is 0.111. The average Bonchev–Trinajstić information content (AvgIpc) is 3.32. The van der Waals surface area contributed by atoms with Gasteiger partial charge in [-0.3, -0.25) is 14.5 Å². The van der Waals surface area contributed by atoms with Gasteiger partial charge in [0.2, 0.25) is 0 Å². The standard InChI is InChI=1S/C18H15N5O2/c24-18(16-11-20-14-4-1-2-5-15(14)22-16)19-7-8-23-12-13(10-21-23)17-6-3-9-25-17/h1-6,9-12H,7-8H2,(H,19,24). The molecule has 0 aliphatic carbocycles. The van der Waals surface area contributed by atoms with Crippen LogP contribution in [0.5, 0.6) is 0 Å². The van der Waals surface area contributed by atoms with Crippen LogP contribution in [0.2, 0.25) is 0 Å². The summed E-state index contributed by atoms with van der Waals surface area (Å²) in [6, 6.07) is 11.2. The first kappa shape index (κ1) is 15.1. The summed E-state index contributed by atoms with van der Waals surface area (Å²) in [4.78, 5) is 20.8. The molecule has 0 unspecified atom stereocenters. The Kier molecular flexibility index (Phi) is 3.96. The lowest BCUT2D eigenvalue weighted by Crippen LogP contribution is -2.28. The average molecular weight is 333 g/mol. The Hall–Kier alpha value is -3.48. The number of hydrogen-bond donors (Lipinski definition) is 1. The summed E-state index contributed by atoms with van der Waals surface area (Å²) in [5.74, 6) is 0.512. The van der Waals surface area contributed by atoms with Crippen molar-refractivity contribution in [2.24, 2.45) is 0 Å². The van der Waals surface area contributed by atoms with Gasteiger partial charge >= 0.3 is 0 Å². The summed E-state index contributed by atoms with van der Waals surface area (Å²) >= 11 is 0. The molecule has 0 saturated carbocycles. The molecule has 0 aliphatic rings. The summed E-state index contributed by atoms with van der Waals surface area (Å²) < 4.78 is 7.08. The molecule has 0 fully saturated rings. The zero-order chi connectivity index (χ0) is 17.1. The van der Waals surface area contributed by atoms with Gasteiger partial charge in [-0.05, 0) is 24.3 Å². The fourth-order valence-corrected chi connectivity index (χ4v) is 2.50. The third-order valence-corrected chi connectivity index (χ3v) is 3.75. The number of nitrogens with zero attached hydrogens (tertiary/aromatic N) is 4. The number of benzene rings is 1. The Balaban J connectivity index is 1.37. The minimum atomic E-state index is -0.253. The zero-order valence-corrected chi connectivity index (χ0v) is 13.3. The molecule has 0 spiro atoms. The molecule has 4 aromatic rings. The maximum Gasteiger partial charge on any atom is 0.271 e. The van der Waals surface area contributed by atoms with E-state index in [2.05, 4.69) is 20.4 Å². The van der Waals surface area contributed by atoms with Gasteiger partial charge in [-0.15, -0.1) is 0 Å². The SMILES string of the molecule is O=C(NCCn1cc(-c2ccco2)cn1)c1cnc2ccccc2n1. The van der Waals surface area contributed by atoms with E-state index in [-0.39, 0.29) is 5.91 Å². The first-order chi connectivity index (χ1) is 12.3. The number of aromatic nitrogens is 4. The van der Waals surface area contributed by atoms with E-state index in [0.29, 0.717) is 24.3 Å². The summed E-state index contributed by atoms with van der Waals surface area (Å²) in [5, 5.41) is 7.09. The molecule has 0 bridgehead atoms. The molecule has 0 atom stereocenters. The molecule has 7 nitrogen and oxygen atoms in total. The molecule has 0 aliphatic heterocycles. The second kappa shape index (κ2) is 6.56. The first-order valence-electron chi connectivity index (χ1n) is 7.86. The van der Waals surface area contributed by atoms with Gasteiger partial charge in [-0.2, -0.15) is 5.10 Å². The summed E-state index contributed by atoms with van der Waals surface area (Å²) in [5.41, 5.74) is 2.67. The highest BCUT2D eigenvalue weighted by Gasteiger charge is 2.09. The lowest BCUT2D eigenvalue weighted by molar-refractivity contribution is 0.0947. The Labute approximate surface area is 143 Å². The molecule has 3 aromatic heterocycles. The number of carbonyl (C=O) groups excluding carboxylic acids is 1. The van der Waals surface area contributed by atoms with E-state index < -0.39 is 0 Å². The summed E-state index contributed by atoms with van der Waals surface area (Å²) in [6.45, 7) is 0.986. The van der Waals surface area contributed by atoms with Crippen LogP contribution < -0.4 is 5.32 Å². The number of fused-ring (bicyclic) bond motifs is 1. The van der Waals surface area contributed by atoms with Crippen molar-refractivity contribution >= 4 is 16.9 Å². The minimum absolute atomic E-state index is 0.253. The lowest BCUT2D eigenvalue weighted by atomic mass is 10.3. The van der Waals surface area contributed by atoms with Crippen LogP contribution in [0.1, 0.15) is 10.5 Å². The zero-order valence-electron chi connectivity index (χ0n) is 13.3. The highest BCUT2D eigenvalue weighted by Crippen LogP contribution is 2.18. The predicted molar refractivity (Wildman–Crippen MR) is 91.8 cm³/mol. The fourth-order valence-electron chi connectivity index (χ4n) is 2.50. The monoisotopic (exact) mass is 333 g/mol. The molecule has 1 amide bonds. The predicted octanol–water partition coefficient (Wildman–Crippen LogP) is 2.52. The van der Waals surface area contributed by atoms with Crippen LogP contribution in [-0.2, 0) is 6.54 Å². The molecule has 1 N–H and O–H groups in total. The highest BCUT2D eigenvalue weighted by molar-refractivity contribution is 5.93. The van der Waals surface area contributed by atoms with Crippen LogP contribution in [0.15, 0.2) is 65.7 Å². The summed E-state index contributed by atoms with van der Waals surface area (Å²) in [7, 11) is 0. The van der Waals surface area contributed by atoms with Gasteiger partial charge in [0.1, 0.15) is 11.5 Å². The van der Waals surface area contributed by atoms with Crippen molar-refractivity contribution < 1.29 is 9.21 Å².